The van der Waals surface area contributed by atoms with Gasteiger partial charge in [-0.3, -0.25) is 4.79 Å². The van der Waals surface area contributed by atoms with Crippen LogP contribution >= 0.6 is 0 Å². The molecule has 0 radical (unpaired) electrons. The highest BCUT2D eigenvalue weighted by Gasteiger charge is 2.16. The minimum atomic E-state index is -0.511. The van der Waals surface area contributed by atoms with Gasteiger partial charge in [-0.05, 0) is 85.6 Å². The molecule has 3 aromatic rings. The number of esters is 1. The van der Waals surface area contributed by atoms with Crippen molar-refractivity contribution in [3.8, 4) is 11.5 Å². The van der Waals surface area contributed by atoms with E-state index < -0.39 is 11.8 Å². The van der Waals surface area contributed by atoms with Crippen molar-refractivity contribution in [1.29, 1.82) is 0 Å². The Hall–Kier alpha value is -3.51. The van der Waals surface area contributed by atoms with Gasteiger partial charge in [0.05, 0.1) is 11.7 Å². The predicted molar refractivity (Wildman–Crippen MR) is 112 cm³/mol. The molecule has 158 valence electrons. The van der Waals surface area contributed by atoms with Gasteiger partial charge < -0.3 is 14.2 Å². The van der Waals surface area contributed by atoms with E-state index in [2.05, 4.69) is 0 Å². The van der Waals surface area contributed by atoms with E-state index in [9.17, 15) is 14.0 Å². The van der Waals surface area contributed by atoms with E-state index in [4.69, 9.17) is 14.2 Å². The van der Waals surface area contributed by atoms with Gasteiger partial charge in [-0.15, -0.1) is 0 Å². The molecule has 0 aromatic heterocycles. The Bertz CT molecular complexity index is 1040. The Morgan fingerprint density at radius 3 is 2.03 bits per heavy atom. The number of halogens is 1. The van der Waals surface area contributed by atoms with Gasteiger partial charge in [-0.25, -0.2) is 9.18 Å². The summed E-state index contributed by atoms with van der Waals surface area (Å²) in [4.78, 5) is 24.8. The monoisotopic (exact) mass is 420 g/mol. The summed E-state index contributed by atoms with van der Waals surface area (Å²) in [6.07, 6.45) is 2.18. The zero-order chi connectivity index (χ0) is 21.6. The minimum Gasteiger partial charge on any atom is -0.491 e. The van der Waals surface area contributed by atoms with Crippen molar-refractivity contribution in [2.24, 2.45) is 0 Å². The van der Waals surface area contributed by atoms with Crippen molar-refractivity contribution in [2.45, 2.75) is 18.9 Å². The van der Waals surface area contributed by atoms with E-state index in [0.29, 0.717) is 34.8 Å². The number of rotatable bonds is 7. The molecule has 1 fully saturated rings. The highest BCUT2D eigenvalue weighted by molar-refractivity contribution is 6.09. The van der Waals surface area contributed by atoms with Crippen molar-refractivity contribution in [3.05, 3.63) is 95.3 Å². The van der Waals surface area contributed by atoms with Crippen LogP contribution in [-0.4, -0.2) is 31.1 Å². The van der Waals surface area contributed by atoms with Crippen LogP contribution in [0.15, 0.2) is 72.8 Å². The molecule has 1 aliphatic heterocycles. The fraction of sp³-hybridized carbons (Fsp3) is 0.200. The predicted octanol–water partition coefficient (Wildman–Crippen LogP) is 4.83. The molecule has 31 heavy (non-hydrogen) atoms. The van der Waals surface area contributed by atoms with Gasteiger partial charge in [0.2, 0.25) is 0 Å². The van der Waals surface area contributed by atoms with Crippen LogP contribution in [0.3, 0.4) is 0 Å². The number of carbonyl (C=O) groups excluding carboxylic acids is 2. The molecular weight excluding hydrogens is 399 g/mol. The first-order chi connectivity index (χ1) is 15.1. The minimum absolute atomic E-state index is 0.127. The quantitative estimate of drug-likeness (QED) is 0.311. The number of hydrogen-bond donors (Lipinski definition) is 0. The Kier molecular flexibility index (Phi) is 6.38. The molecule has 1 atom stereocenters. The third-order valence-electron chi connectivity index (χ3n) is 4.98. The van der Waals surface area contributed by atoms with Crippen LogP contribution in [-0.2, 0) is 4.74 Å². The summed E-state index contributed by atoms with van der Waals surface area (Å²) in [5.74, 6) is -0.170. The van der Waals surface area contributed by atoms with Crippen molar-refractivity contribution in [3.63, 3.8) is 0 Å². The Balaban J connectivity index is 1.33. The maximum absolute atomic E-state index is 13.0. The maximum Gasteiger partial charge on any atom is 0.343 e. The fourth-order valence-corrected chi connectivity index (χ4v) is 3.26. The van der Waals surface area contributed by atoms with Crippen LogP contribution in [0.1, 0.15) is 39.1 Å². The van der Waals surface area contributed by atoms with Crippen LogP contribution in [0.5, 0.6) is 11.5 Å². The number of ketones is 1. The third kappa shape index (κ3) is 5.35. The summed E-state index contributed by atoms with van der Waals surface area (Å²) >= 11 is 0. The van der Waals surface area contributed by atoms with Gasteiger partial charge in [0.15, 0.2) is 5.78 Å². The third-order valence-corrected chi connectivity index (χ3v) is 4.98. The van der Waals surface area contributed by atoms with E-state index in [0.717, 1.165) is 19.4 Å². The average molecular weight is 420 g/mol. The molecule has 3 aromatic carbocycles. The topological polar surface area (TPSA) is 61.8 Å². The SMILES string of the molecule is O=C(Oc1ccc(C(=O)c2ccc(F)cc2)cc1)c1ccc(OCC2CCCO2)cc1. The second-order valence-corrected chi connectivity index (χ2v) is 7.22. The summed E-state index contributed by atoms with van der Waals surface area (Å²) in [5, 5.41) is 0. The highest BCUT2D eigenvalue weighted by atomic mass is 19.1. The van der Waals surface area contributed by atoms with Gasteiger partial charge >= 0.3 is 5.97 Å². The van der Waals surface area contributed by atoms with Crippen molar-refractivity contribution >= 4 is 11.8 Å². The lowest BCUT2D eigenvalue weighted by Gasteiger charge is -2.11. The van der Waals surface area contributed by atoms with Crippen molar-refractivity contribution in [1.82, 2.24) is 0 Å². The van der Waals surface area contributed by atoms with E-state index in [1.54, 1.807) is 48.5 Å². The molecule has 0 spiro atoms. The van der Waals surface area contributed by atoms with Gasteiger partial charge in [-0.2, -0.15) is 0 Å². The molecule has 0 bridgehead atoms. The summed E-state index contributed by atoms with van der Waals surface area (Å²) < 4.78 is 29.6. The Morgan fingerprint density at radius 1 is 0.839 bits per heavy atom. The molecule has 4 rings (SSSR count). The lowest BCUT2D eigenvalue weighted by atomic mass is 10.0. The number of carbonyl (C=O) groups is 2. The van der Waals surface area contributed by atoms with E-state index >= 15 is 0 Å². The second-order valence-electron chi connectivity index (χ2n) is 7.22. The van der Waals surface area contributed by atoms with Crippen LogP contribution in [0, 0.1) is 5.82 Å². The molecule has 0 saturated carbocycles. The zero-order valence-electron chi connectivity index (χ0n) is 16.8. The summed E-state index contributed by atoms with van der Waals surface area (Å²) in [7, 11) is 0. The lowest BCUT2D eigenvalue weighted by Crippen LogP contribution is -2.16. The molecule has 0 aliphatic carbocycles. The maximum atomic E-state index is 13.0. The van der Waals surface area contributed by atoms with Crippen LogP contribution in [0.4, 0.5) is 4.39 Å². The van der Waals surface area contributed by atoms with Gasteiger partial charge in [0.25, 0.3) is 0 Å². The summed E-state index contributed by atoms with van der Waals surface area (Å²) in [6, 6.07) is 18.3. The average Bonchev–Trinajstić information content (AvgIpc) is 3.32. The van der Waals surface area contributed by atoms with Gasteiger partial charge in [-0.1, -0.05) is 0 Å². The first kappa shape index (κ1) is 20.8. The number of ether oxygens (including phenoxy) is 3. The highest BCUT2D eigenvalue weighted by Crippen LogP contribution is 2.20. The lowest BCUT2D eigenvalue weighted by molar-refractivity contribution is 0.0678. The van der Waals surface area contributed by atoms with Crippen LogP contribution in [0.25, 0.3) is 0 Å². The van der Waals surface area contributed by atoms with E-state index in [1.807, 2.05) is 0 Å². The van der Waals surface area contributed by atoms with Crippen molar-refractivity contribution in [2.75, 3.05) is 13.2 Å². The molecule has 5 nitrogen and oxygen atoms in total. The normalized spacial score (nSPS) is 15.5. The molecule has 1 saturated heterocycles. The number of benzene rings is 3. The molecule has 1 aliphatic rings. The summed E-state index contributed by atoms with van der Waals surface area (Å²) in [6.45, 7) is 1.27. The van der Waals surface area contributed by atoms with Gasteiger partial charge in [0.1, 0.15) is 23.9 Å². The van der Waals surface area contributed by atoms with E-state index in [1.165, 1.54) is 24.3 Å². The summed E-state index contributed by atoms with van der Waals surface area (Å²) in [5.41, 5.74) is 1.18. The zero-order valence-corrected chi connectivity index (χ0v) is 16.8. The molecule has 0 amide bonds. The van der Waals surface area contributed by atoms with Crippen molar-refractivity contribution < 1.29 is 28.2 Å². The standard InChI is InChI=1S/C25H21FO5/c26-20-9-3-17(4-10-20)24(27)18-5-13-22(14-6-18)31-25(28)19-7-11-21(12-8-19)30-16-23-2-1-15-29-23/h3-14,23H,1-2,15-16H2. The largest absolute Gasteiger partial charge is 0.491 e. The first-order valence-electron chi connectivity index (χ1n) is 10.1. The molecule has 6 heteroatoms. The molecular formula is C25H21FO5. The molecule has 0 N–H and O–H groups in total. The Labute approximate surface area is 179 Å². The molecule has 1 heterocycles. The van der Waals surface area contributed by atoms with Crippen LogP contribution in [0.2, 0.25) is 0 Å². The van der Waals surface area contributed by atoms with Gasteiger partial charge in [0, 0.05) is 17.7 Å². The smallest absolute Gasteiger partial charge is 0.343 e. The molecule has 1 unspecified atom stereocenters. The Morgan fingerprint density at radius 2 is 1.42 bits per heavy atom. The fourth-order valence-electron chi connectivity index (χ4n) is 3.26. The first-order valence-corrected chi connectivity index (χ1v) is 10.1. The van der Waals surface area contributed by atoms with E-state index in [-0.39, 0.29) is 11.9 Å². The number of hydrogen-bond acceptors (Lipinski definition) is 5. The second kappa shape index (κ2) is 9.53. The van der Waals surface area contributed by atoms with Crippen LogP contribution < -0.4 is 9.47 Å².